The van der Waals surface area contributed by atoms with Crippen molar-refractivity contribution in [2.24, 2.45) is 4.40 Å². The summed E-state index contributed by atoms with van der Waals surface area (Å²) in [6.45, 7) is 2.70. The maximum atomic E-state index is 12.4. The first-order valence-electron chi connectivity index (χ1n) is 9.18. The molecule has 2 aromatic rings. The minimum absolute atomic E-state index is 0.0643. The van der Waals surface area contributed by atoms with E-state index in [4.69, 9.17) is 4.42 Å². The van der Waals surface area contributed by atoms with Gasteiger partial charge in [-0.25, -0.2) is 13.4 Å². The second-order valence-corrected chi connectivity index (χ2v) is 8.62. The summed E-state index contributed by atoms with van der Waals surface area (Å²) in [7, 11) is -3.41. The quantitative estimate of drug-likeness (QED) is 0.803. The Kier molecular flexibility index (Phi) is 5.06. The van der Waals surface area contributed by atoms with Gasteiger partial charge in [0, 0.05) is 31.3 Å². The third-order valence-corrected chi connectivity index (χ3v) is 5.77. The van der Waals surface area contributed by atoms with Gasteiger partial charge in [-0.3, -0.25) is 4.79 Å². The number of fused-ring (bicyclic) bond motifs is 1. The fourth-order valence-corrected chi connectivity index (χ4v) is 3.96. The molecule has 2 aliphatic rings. The number of rotatable bonds is 5. The molecule has 9 heteroatoms. The molecule has 0 unspecified atom stereocenters. The van der Waals surface area contributed by atoms with E-state index in [1.807, 2.05) is 31.2 Å². The van der Waals surface area contributed by atoms with Crippen LogP contribution in [0.1, 0.15) is 11.3 Å². The van der Waals surface area contributed by atoms with Crippen LogP contribution in [0.4, 0.5) is 0 Å². The van der Waals surface area contributed by atoms with Gasteiger partial charge in [0.2, 0.25) is 5.89 Å². The number of nitrogens with one attached hydrogen (secondary N) is 1. The first kappa shape index (κ1) is 19.1. The number of aromatic nitrogens is 1. The molecule has 0 saturated heterocycles. The molecule has 2 aliphatic heterocycles. The highest BCUT2D eigenvalue weighted by molar-refractivity contribution is 7.90. The van der Waals surface area contributed by atoms with E-state index in [0.717, 1.165) is 11.3 Å². The van der Waals surface area contributed by atoms with Crippen molar-refractivity contribution in [3.05, 3.63) is 65.7 Å². The Labute approximate surface area is 168 Å². The topological polar surface area (TPSA) is 105 Å². The molecule has 1 amide bonds. The van der Waals surface area contributed by atoms with E-state index in [2.05, 4.69) is 14.7 Å². The molecule has 0 spiro atoms. The van der Waals surface area contributed by atoms with E-state index < -0.39 is 10.0 Å². The first-order valence-corrected chi connectivity index (χ1v) is 10.8. The van der Waals surface area contributed by atoms with Crippen LogP contribution in [0.25, 0.3) is 11.5 Å². The van der Waals surface area contributed by atoms with Gasteiger partial charge in [-0.1, -0.05) is 17.7 Å². The zero-order valence-corrected chi connectivity index (χ0v) is 16.6. The number of carbonyl (C=O) groups excluding carboxylic acids is 1. The molecule has 1 aromatic heterocycles. The summed E-state index contributed by atoms with van der Waals surface area (Å²) in [5.74, 6) is 0.580. The minimum Gasteiger partial charge on any atom is -0.444 e. The molecular formula is C20H20N4O4S. The molecular weight excluding hydrogens is 392 g/mol. The molecule has 0 atom stereocenters. The largest absolute Gasteiger partial charge is 0.444 e. The summed E-state index contributed by atoms with van der Waals surface area (Å²) in [4.78, 5) is 18.5. The first-order chi connectivity index (χ1) is 13.9. The van der Waals surface area contributed by atoms with Crippen LogP contribution in [-0.4, -0.2) is 48.9 Å². The number of carbonyl (C=O) groups is 1. The zero-order chi connectivity index (χ0) is 20.4. The predicted octanol–water partition coefficient (Wildman–Crippen LogP) is 1.81. The van der Waals surface area contributed by atoms with Gasteiger partial charge >= 0.3 is 0 Å². The van der Waals surface area contributed by atoms with Crippen molar-refractivity contribution in [1.82, 2.24) is 15.2 Å². The lowest BCUT2D eigenvalue weighted by atomic mass is 10.1. The van der Waals surface area contributed by atoms with E-state index in [1.165, 1.54) is 11.6 Å². The lowest BCUT2D eigenvalue weighted by Crippen LogP contribution is -2.38. The Morgan fingerprint density at radius 2 is 2.03 bits per heavy atom. The number of sulfonamides is 1. The van der Waals surface area contributed by atoms with Crippen LogP contribution in [-0.2, 0) is 21.2 Å². The summed E-state index contributed by atoms with van der Waals surface area (Å²) in [6, 6.07) is 7.91. The highest BCUT2D eigenvalue weighted by atomic mass is 32.2. The molecule has 0 fully saturated rings. The molecule has 8 nitrogen and oxygen atoms in total. The van der Waals surface area contributed by atoms with Gasteiger partial charge in [-0.2, -0.15) is 0 Å². The second-order valence-electron chi connectivity index (χ2n) is 6.86. The SMILES string of the molecule is Cc1ccc(-c2nc(CCNC(=O)C3=CN4CCS(=O)(=O)N=C4C=C3)co2)cc1. The molecule has 1 aromatic carbocycles. The third kappa shape index (κ3) is 4.45. The molecule has 0 bridgehead atoms. The molecule has 3 heterocycles. The smallest absolute Gasteiger partial charge is 0.256 e. The van der Waals surface area contributed by atoms with Gasteiger partial charge in [0.1, 0.15) is 12.1 Å². The highest BCUT2D eigenvalue weighted by Gasteiger charge is 2.24. The molecule has 0 radical (unpaired) electrons. The molecule has 0 saturated carbocycles. The van der Waals surface area contributed by atoms with Crippen LogP contribution < -0.4 is 5.32 Å². The Balaban J connectivity index is 1.33. The lowest BCUT2D eigenvalue weighted by molar-refractivity contribution is -0.117. The summed E-state index contributed by atoms with van der Waals surface area (Å²) in [5.41, 5.74) is 3.27. The van der Waals surface area contributed by atoms with E-state index in [-0.39, 0.29) is 18.2 Å². The van der Waals surface area contributed by atoms with Crippen LogP contribution in [0.2, 0.25) is 0 Å². The number of hydrogen-bond acceptors (Lipinski definition) is 6. The van der Waals surface area contributed by atoms with Crippen LogP contribution in [0.3, 0.4) is 0 Å². The van der Waals surface area contributed by atoms with Crippen molar-refractivity contribution < 1.29 is 17.6 Å². The van der Waals surface area contributed by atoms with Crippen LogP contribution in [0, 0.1) is 6.92 Å². The van der Waals surface area contributed by atoms with Crippen molar-refractivity contribution in [2.45, 2.75) is 13.3 Å². The number of hydrogen-bond donors (Lipinski definition) is 1. The highest BCUT2D eigenvalue weighted by Crippen LogP contribution is 2.19. The third-order valence-electron chi connectivity index (χ3n) is 4.60. The van der Waals surface area contributed by atoms with Crippen molar-refractivity contribution in [2.75, 3.05) is 18.8 Å². The van der Waals surface area contributed by atoms with Gasteiger partial charge in [0.15, 0.2) is 0 Å². The maximum absolute atomic E-state index is 12.4. The number of amidine groups is 1. The number of benzene rings is 1. The fraction of sp³-hybridized carbons (Fsp3) is 0.250. The van der Waals surface area contributed by atoms with Crippen LogP contribution in [0.15, 0.2) is 63.3 Å². The average molecular weight is 412 g/mol. The predicted molar refractivity (Wildman–Crippen MR) is 109 cm³/mol. The van der Waals surface area contributed by atoms with Gasteiger partial charge < -0.3 is 14.6 Å². The van der Waals surface area contributed by atoms with Gasteiger partial charge in [-0.05, 0) is 31.2 Å². The van der Waals surface area contributed by atoms with Crippen LogP contribution in [0.5, 0.6) is 0 Å². The van der Waals surface area contributed by atoms with Gasteiger partial charge in [0.25, 0.3) is 15.9 Å². The van der Waals surface area contributed by atoms with Crippen molar-refractivity contribution in [1.29, 1.82) is 0 Å². The van der Waals surface area contributed by atoms with Crippen molar-refractivity contribution in [3.63, 3.8) is 0 Å². The van der Waals surface area contributed by atoms with Gasteiger partial charge in [0.05, 0.1) is 17.0 Å². The van der Waals surface area contributed by atoms with Crippen molar-refractivity contribution in [3.8, 4) is 11.5 Å². The summed E-state index contributed by atoms with van der Waals surface area (Å²) >= 11 is 0. The molecule has 0 aliphatic carbocycles. The second kappa shape index (κ2) is 7.67. The molecule has 1 N–H and O–H groups in total. The molecule has 150 valence electrons. The zero-order valence-electron chi connectivity index (χ0n) is 15.8. The summed E-state index contributed by atoms with van der Waals surface area (Å²) < 4.78 is 32.3. The average Bonchev–Trinajstić information content (AvgIpc) is 3.16. The van der Waals surface area contributed by atoms with Gasteiger partial charge in [-0.15, -0.1) is 4.40 Å². The Hall–Kier alpha value is -3.20. The number of nitrogens with zero attached hydrogens (tertiary/aromatic N) is 3. The number of oxazole rings is 1. The van der Waals surface area contributed by atoms with E-state index >= 15 is 0 Å². The maximum Gasteiger partial charge on any atom is 0.256 e. The van der Waals surface area contributed by atoms with Crippen molar-refractivity contribution >= 4 is 21.8 Å². The van der Waals surface area contributed by atoms with E-state index in [9.17, 15) is 13.2 Å². The normalized spacial score (nSPS) is 17.3. The van der Waals surface area contributed by atoms with E-state index in [0.29, 0.717) is 30.3 Å². The Bertz CT molecular complexity index is 1130. The number of aryl methyl sites for hydroxylation is 1. The Morgan fingerprint density at radius 1 is 1.24 bits per heavy atom. The van der Waals surface area contributed by atoms with Crippen LogP contribution >= 0.6 is 0 Å². The number of amides is 1. The summed E-state index contributed by atoms with van der Waals surface area (Å²) in [6.07, 6.45) is 6.85. The van der Waals surface area contributed by atoms with E-state index in [1.54, 1.807) is 23.4 Å². The minimum atomic E-state index is -3.41. The molecule has 4 rings (SSSR count). The standard InChI is InChI=1S/C20H20N4O4S/c1-14-2-4-15(5-3-14)20-22-17(13-28-20)8-9-21-19(25)16-6-7-18-23-29(26,27)11-10-24(18)12-16/h2-7,12-13H,8-11H2,1H3,(H,21,25). The molecule has 29 heavy (non-hydrogen) atoms. The summed E-state index contributed by atoms with van der Waals surface area (Å²) in [5, 5.41) is 2.84. The lowest BCUT2D eigenvalue weighted by Gasteiger charge is -2.26. The monoisotopic (exact) mass is 412 g/mol. The Morgan fingerprint density at radius 3 is 2.83 bits per heavy atom. The fourth-order valence-electron chi connectivity index (χ4n) is 2.99.